The van der Waals surface area contributed by atoms with Gasteiger partial charge in [0.2, 0.25) is 0 Å². The Balaban J connectivity index is 2.11. The number of rotatable bonds is 0. The third-order valence-electron chi connectivity index (χ3n) is 4.99. The van der Waals surface area contributed by atoms with E-state index in [0.29, 0.717) is 11.5 Å². The van der Waals surface area contributed by atoms with E-state index >= 15 is 0 Å². The number of fused-ring (bicyclic) bond motifs is 2. The van der Waals surface area contributed by atoms with E-state index in [0.717, 1.165) is 5.92 Å². The summed E-state index contributed by atoms with van der Waals surface area (Å²) in [6.45, 7) is 7.11. The average molecular weight is 229 g/mol. The zero-order valence-corrected chi connectivity index (χ0v) is 11.2. The minimum Gasteiger partial charge on any atom is -0.382 e. The second-order valence-electron chi connectivity index (χ2n) is 6.36. The molecule has 1 aromatic carbocycles. The molecule has 1 nitrogen and oxygen atoms in total. The molecule has 1 N–H and O–H groups in total. The number of para-hydroxylation sites is 1. The highest BCUT2D eigenvalue weighted by Gasteiger charge is 2.43. The summed E-state index contributed by atoms with van der Waals surface area (Å²) in [5, 5.41) is 3.82. The quantitative estimate of drug-likeness (QED) is 0.701. The summed E-state index contributed by atoms with van der Waals surface area (Å²) in [5.41, 5.74) is 4.68. The van der Waals surface area contributed by atoms with E-state index in [4.69, 9.17) is 0 Å². The van der Waals surface area contributed by atoms with Gasteiger partial charge in [0, 0.05) is 11.7 Å². The van der Waals surface area contributed by atoms with E-state index in [1.807, 2.05) is 0 Å². The van der Waals surface area contributed by atoms with Crippen LogP contribution in [0.4, 0.5) is 5.69 Å². The first kappa shape index (κ1) is 11.1. The van der Waals surface area contributed by atoms with Gasteiger partial charge in [0.15, 0.2) is 0 Å². The van der Waals surface area contributed by atoms with E-state index in [-0.39, 0.29) is 0 Å². The summed E-state index contributed by atoms with van der Waals surface area (Å²) in [5.74, 6) is 0.811. The van der Waals surface area contributed by atoms with Crippen molar-refractivity contribution >= 4 is 5.69 Å². The molecule has 1 heterocycles. The van der Waals surface area contributed by atoms with Crippen molar-refractivity contribution in [2.24, 2.45) is 5.92 Å². The fraction of sp³-hybridized carbons (Fsp3) is 0.625. The van der Waals surface area contributed by atoms with Crippen LogP contribution >= 0.6 is 0 Å². The maximum Gasteiger partial charge on any atom is 0.0410 e. The Kier molecular flexibility index (Phi) is 2.46. The Morgan fingerprint density at radius 1 is 1.18 bits per heavy atom. The van der Waals surface area contributed by atoms with Crippen molar-refractivity contribution in [3.8, 4) is 0 Å². The number of aryl methyl sites for hydroxylation is 1. The Morgan fingerprint density at radius 3 is 2.76 bits per heavy atom. The lowest BCUT2D eigenvalue weighted by Gasteiger charge is -2.49. The zero-order valence-electron chi connectivity index (χ0n) is 11.2. The maximum absolute atomic E-state index is 3.82. The minimum absolute atomic E-state index is 0.331. The van der Waals surface area contributed by atoms with Crippen molar-refractivity contribution in [1.82, 2.24) is 0 Å². The molecule has 0 radical (unpaired) electrons. The van der Waals surface area contributed by atoms with Crippen molar-refractivity contribution < 1.29 is 0 Å². The molecule has 2 atom stereocenters. The highest BCUT2D eigenvalue weighted by Crippen LogP contribution is 2.48. The van der Waals surface area contributed by atoms with Gasteiger partial charge in [-0.1, -0.05) is 44.9 Å². The average Bonchev–Trinajstić information content (AvgIpc) is 2.31. The van der Waals surface area contributed by atoms with E-state index in [1.165, 1.54) is 42.5 Å². The number of nitrogens with one attached hydrogen (secondary N) is 1. The van der Waals surface area contributed by atoms with Crippen molar-refractivity contribution in [2.75, 3.05) is 5.32 Å². The summed E-state index contributed by atoms with van der Waals surface area (Å²) in [7, 11) is 0. The van der Waals surface area contributed by atoms with Crippen LogP contribution in [0.2, 0.25) is 0 Å². The lowest BCUT2D eigenvalue weighted by molar-refractivity contribution is 0.205. The second-order valence-corrected chi connectivity index (χ2v) is 6.36. The van der Waals surface area contributed by atoms with Gasteiger partial charge in [-0.2, -0.15) is 0 Å². The van der Waals surface area contributed by atoms with Gasteiger partial charge in [0.1, 0.15) is 0 Å². The Morgan fingerprint density at radius 2 is 1.94 bits per heavy atom. The number of benzene rings is 1. The van der Waals surface area contributed by atoms with Crippen LogP contribution in [-0.2, 0) is 5.41 Å². The summed E-state index contributed by atoms with van der Waals surface area (Å²) >= 11 is 0. The molecule has 92 valence electrons. The van der Waals surface area contributed by atoms with Gasteiger partial charge in [0.25, 0.3) is 0 Å². The molecule has 3 rings (SSSR count). The van der Waals surface area contributed by atoms with Crippen LogP contribution in [0.1, 0.15) is 50.7 Å². The smallest absolute Gasteiger partial charge is 0.0410 e. The van der Waals surface area contributed by atoms with E-state index in [2.05, 4.69) is 44.3 Å². The number of anilines is 1. The summed E-state index contributed by atoms with van der Waals surface area (Å²) < 4.78 is 0. The SMILES string of the molecule is Cc1cccc2c1N[C@H]1CCCC[C@H]1C2(C)C. The predicted molar refractivity (Wildman–Crippen MR) is 73.6 cm³/mol. The third kappa shape index (κ3) is 1.59. The molecule has 1 aliphatic carbocycles. The topological polar surface area (TPSA) is 12.0 Å². The molecule has 1 aromatic rings. The van der Waals surface area contributed by atoms with Crippen LogP contribution in [-0.4, -0.2) is 6.04 Å². The molecule has 1 aliphatic heterocycles. The van der Waals surface area contributed by atoms with Gasteiger partial charge in [-0.05, 0) is 42.2 Å². The fourth-order valence-electron chi connectivity index (χ4n) is 3.95. The molecular formula is C16H23N. The molecule has 1 saturated carbocycles. The molecular weight excluding hydrogens is 206 g/mol. The highest BCUT2D eigenvalue weighted by atomic mass is 15.0. The normalized spacial score (nSPS) is 30.1. The maximum atomic E-state index is 3.82. The molecule has 0 saturated heterocycles. The summed E-state index contributed by atoms with van der Waals surface area (Å²) in [6, 6.07) is 7.46. The van der Waals surface area contributed by atoms with Crippen LogP contribution < -0.4 is 5.32 Å². The highest BCUT2D eigenvalue weighted by molar-refractivity contribution is 5.63. The molecule has 2 aliphatic rings. The lowest BCUT2D eigenvalue weighted by atomic mass is 9.62. The van der Waals surface area contributed by atoms with E-state index in [9.17, 15) is 0 Å². The van der Waals surface area contributed by atoms with Crippen molar-refractivity contribution in [3.63, 3.8) is 0 Å². The predicted octanol–water partition coefficient (Wildman–Crippen LogP) is 4.26. The van der Waals surface area contributed by atoms with Crippen LogP contribution in [0, 0.1) is 12.8 Å². The van der Waals surface area contributed by atoms with Crippen molar-refractivity contribution in [2.45, 2.75) is 57.9 Å². The van der Waals surface area contributed by atoms with Crippen molar-refractivity contribution in [1.29, 1.82) is 0 Å². The van der Waals surface area contributed by atoms with Crippen LogP contribution in [0.3, 0.4) is 0 Å². The first-order valence-electron chi connectivity index (χ1n) is 6.97. The van der Waals surface area contributed by atoms with Crippen molar-refractivity contribution in [3.05, 3.63) is 29.3 Å². The zero-order chi connectivity index (χ0) is 12.0. The molecule has 0 amide bonds. The Hall–Kier alpha value is -0.980. The van der Waals surface area contributed by atoms with Crippen LogP contribution in [0.15, 0.2) is 18.2 Å². The van der Waals surface area contributed by atoms with E-state index < -0.39 is 0 Å². The molecule has 17 heavy (non-hydrogen) atoms. The number of hydrogen-bond donors (Lipinski definition) is 1. The Bertz CT molecular complexity index is 433. The Labute approximate surface area is 105 Å². The third-order valence-corrected chi connectivity index (χ3v) is 4.99. The van der Waals surface area contributed by atoms with Crippen LogP contribution in [0.25, 0.3) is 0 Å². The van der Waals surface area contributed by atoms with Gasteiger partial charge < -0.3 is 5.32 Å². The fourth-order valence-corrected chi connectivity index (χ4v) is 3.95. The lowest BCUT2D eigenvalue weighted by Crippen LogP contribution is -2.47. The first-order chi connectivity index (χ1) is 8.10. The van der Waals surface area contributed by atoms with Gasteiger partial charge in [-0.25, -0.2) is 0 Å². The summed E-state index contributed by atoms with van der Waals surface area (Å²) in [4.78, 5) is 0. The molecule has 0 unspecified atom stereocenters. The molecule has 1 fully saturated rings. The second kappa shape index (κ2) is 3.76. The van der Waals surface area contributed by atoms with Gasteiger partial charge in [-0.15, -0.1) is 0 Å². The number of hydrogen-bond acceptors (Lipinski definition) is 1. The van der Waals surface area contributed by atoms with Gasteiger partial charge in [0.05, 0.1) is 0 Å². The molecule has 0 bridgehead atoms. The monoisotopic (exact) mass is 229 g/mol. The van der Waals surface area contributed by atoms with E-state index in [1.54, 1.807) is 0 Å². The van der Waals surface area contributed by atoms with Crippen LogP contribution in [0.5, 0.6) is 0 Å². The van der Waals surface area contributed by atoms with Gasteiger partial charge in [-0.3, -0.25) is 0 Å². The molecule has 0 spiro atoms. The standard InChI is InChI=1S/C16H23N/c1-11-7-6-9-13-15(11)17-14-10-5-4-8-12(14)16(13,2)3/h6-7,9,12,14,17H,4-5,8,10H2,1-3H3/t12-,14+/m1/s1. The minimum atomic E-state index is 0.331. The summed E-state index contributed by atoms with van der Waals surface area (Å²) in [6.07, 6.45) is 5.54. The molecule has 1 heteroatoms. The molecule has 0 aromatic heterocycles. The van der Waals surface area contributed by atoms with Gasteiger partial charge >= 0.3 is 0 Å². The largest absolute Gasteiger partial charge is 0.382 e. The first-order valence-corrected chi connectivity index (χ1v) is 6.97.